The highest BCUT2D eigenvalue weighted by molar-refractivity contribution is 6.06. The van der Waals surface area contributed by atoms with E-state index in [1.165, 1.54) is 16.8 Å². The van der Waals surface area contributed by atoms with Gasteiger partial charge in [-0.2, -0.15) is 0 Å². The van der Waals surface area contributed by atoms with E-state index in [9.17, 15) is 9.18 Å². The average Bonchev–Trinajstić information content (AvgIpc) is 3.16. The summed E-state index contributed by atoms with van der Waals surface area (Å²) in [4.78, 5) is 14.8. The van der Waals surface area contributed by atoms with E-state index in [1.807, 2.05) is 18.2 Å². The maximum Gasteiger partial charge on any atom is 0.280 e. The number of aryl methyl sites for hydroxylation is 2. The molecule has 0 spiro atoms. The van der Waals surface area contributed by atoms with Crippen LogP contribution >= 0.6 is 0 Å². The molecule has 0 atom stereocenters. The van der Waals surface area contributed by atoms with Gasteiger partial charge in [-0.1, -0.05) is 17.3 Å². The summed E-state index contributed by atoms with van der Waals surface area (Å²) in [6, 6.07) is 10.2. The molecule has 4 rings (SSSR count). The first kappa shape index (κ1) is 17.2. The lowest BCUT2D eigenvalue weighted by Crippen LogP contribution is -2.36. The van der Waals surface area contributed by atoms with Gasteiger partial charge < -0.3 is 9.64 Å². The molecule has 7 heteroatoms. The Labute approximate surface area is 156 Å². The van der Waals surface area contributed by atoms with E-state index < -0.39 is 0 Å². The Morgan fingerprint density at radius 1 is 1.26 bits per heavy atom. The Balaban J connectivity index is 1.69. The van der Waals surface area contributed by atoms with Crippen LogP contribution in [0.15, 0.2) is 42.6 Å². The number of aromatic nitrogens is 3. The minimum Gasteiger partial charge on any atom is -0.495 e. The second-order valence-electron chi connectivity index (χ2n) is 6.51. The number of para-hydroxylation sites is 1. The van der Waals surface area contributed by atoms with Crippen molar-refractivity contribution in [2.45, 2.75) is 19.8 Å². The lowest BCUT2D eigenvalue weighted by Gasteiger charge is -2.30. The van der Waals surface area contributed by atoms with E-state index in [1.54, 1.807) is 31.2 Å². The number of halogens is 1. The molecule has 0 unspecified atom stereocenters. The summed E-state index contributed by atoms with van der Waals surface area (Å²) in [6.07, 6.45) is 3.35. The van der Waals surface area contributed by atoms with Gasteiger partial charge in [0.2, 0.25) is 0 Å². The molecule has 1 aromatic heterocycles. The Bertz CT molecular complexity index is 1000. The molecular weight excluding hydrogens is 347 g/mol. The molecule has 138 valence electrons. The highest BCUT2D eigenvalue weighted by Gasteiger charge is 2.28. The number of nitrogens with zero attached hydrogens (tertiary/aromatic N) is 4. The average molecular weight is 366 g/mol. The van der Waals surface area contributed by atoms with Gasteiger partial charge in [-0.15, -0.1) is 5.10 Å². The number of anilines is 1. The van der Waals surface area contributed by atoms with Crippen molar-refractivity contribution < 1.29 is 13.9 Å². The van der Waals surface area contributed by atoms with Crippen molar-refractivity contribution in [2.75, 3.05) is 18.6 Å². The van der Waals surface area contributed by atoms with Crippen LogP contribution in [0.5, 0.6) is 5.75 Å². The SMILES string of the molecule is COc1cccc2c1N(C(=O)c1cn(-c3ccc(F)cc3C)nn1)CCC2. The monoisotopic (exact) mass is 366 g/mol. The van der Waals surface area contributed by atoms with Crippen LogP contribution in [0.25, 0.3) is 5.69 Å². The molecule has 1 amide bonds. The first-order valence-corrected chi connectivity index (χ1v) is 8.75. The molecule has 0 radical (unpaired) electrons. The molecule has 2 heterocycles. The van der Waals surface area contributed by atoms with Crippen molar-refractivity contribution in [2.24, 2.45) is 0 Å². The van der Waals surface area contributed by atoms with Gasteiger partial charge in [-0.05, 0) is 55.2 Å². The molecular formula is C20H19FN4O2. The number of carbonyl (C=O) groups excluding carboxylic acids is 1. The standard InChI is InChI=1S/C20H19FN4O2/c1-13-11-15(21)8-9-17(13)25-12-16(22-23-25)20(26)24-10-4-6-14-5-3-7-18(27-2)19(14)24/h3,5,7-9,11-12H,4,6,10H2,1-2H3. The van der Waals surface area contributed by atoms with Gasteiger partial charge in [0, 0.05) is 6.54 Å². The number of hydrogen-bond donors (Lipinski definition) is 0. The summed E-state index contributed by atoms with van der Waals surface area (Å²) in [5.41, 5.74) is 3.50. The van der Waals surface area contributed by atoms with Crippen LogP contribution in [-0.4, -0.2) is 34.6 Å². The van der Waals surface area contributed by atoms with Crippen molar-refractivity contribution in [3.8, 4) is 11.4 Å². The molecule has 6 nitrogen and oxygen atoms in total. The van der Waals surface area contributed by atoms with Crippen LogP contribution in [0.2, 0.25) is 0 Å². The highest BCUT2D eigenvalue weighted by Crippen LogP contribution is 2.36. The Kier molecular flexibility index (Phi) is 4.35. The van der Waals surface area contributed by atoms with E-state index in [4.69, 9.17) is 4.74 Å². The van der Waals surface area contributed by atoms with E-state index >= 15 is 0 Å². The van der Waals surface area contributed by atoms with Gasteiger partial charge in [0.15, 0.2) is 5.69 Å². The second kappa shape index (κ2) is 6.83. The van der Waals surface area contributed by atoms with Crippen LogP contribution in [0, 0.1) is 12.7 Å². The molecule has 2 aromatic carbocycles. The number of carbonyl (C=O) groups is 1. The Morgan fingerprint density at radius 3 is 2.89 bits per heavy atom. The minimum atomic E-state index is -0.315. The number of fused-ring (bicyclic) bond motifs is 1. The smallest absolute Gasteiger partial charge is 0.280 e. The zero-order valence-corrected chi connectivity index (χ0v) is 15.1. The van der Waals surface area contributed by atoms with Crippen molar-refractivity contribution in [1.29, 1.82) is 0 Å². The van der Waals surface area contributed by atoms with E-state index in [2.05, 4.69) is 10.3 Å². The molecule has 3 aromatic rings. The fraction of sp³-hybridized carbons (Fsp3) is 0.250. The summed E-state index contributed by atoms with van der Waals surface area (Å²) in [5.74, 6) is 0.124. The predicted octanol–water partition coefficient (Wildman–Crippen LogP) is 3.32. The topological polar surface area (TPSA) is 60.2 Å². The third-order valence-electron chi connectivity index (χ3n) is 4.76. The van der Waals surface area contributed by atoms with Crippen LogP contribution in [0.4, 0.5) is 10.1 Å². The van der Waals surface area contributed by atoms with Crippen LogP contribution in [0.1, 0.15) is 28.0 Å². The lowest BCUT2D eigenvalue weighted by atomic mass is 10.0. The number of methoxy groups -OCH3 is 1. The molecule has 0 bridgehead atoms. The van der Waals surface area contributed by atoms with Gasteiger partial charge in [-0.3, -0.25) is 4.79 Å². The molecule has 27 heavy (non-hydrogen) atoms. The predicted molar refractivity (Wildman–Crippen MR) is 99.0 cm³/mol. The van der Waals surface area contributed by atoms with Crippen molar-refractivity contribution in [3.63, 3.8) is 0 Å². The normalized spacial score (nSPS) is 13.4. The first-order valence-electron chi connectivity index (χ1n) is 8.75. The number of rotatable bonds is 3. The minimum absolute atomic E-state index is 0.230. The third kappa shape index (κ3) is 3.05. The van der Waals surface area contributed by atoms with Gasteiger partial charge in [-0.25, -0.2) is 9.07 Å². The number of ether oxygens (including phenoxy) is 1. The van der Waals surface area contributed by atoms with Crippen LogP contribution < -0.4 is 9.64 Å². The number of hydrogen-bond acceptors (Lipinski definition) is 4. The first-order chi connectivity index (χ1) is 13.1. The second-order valence-corrected chi connectivity index (χ2v) is 6.51. The Morgan fingerprint density at radius 2 is 2.11 bits per heavy atom. The zero-order valence-electron chi connectivity index (χ0n) is 15.1. The summed E-state index contributed by atoms with van der Waals surface area (Å²) in [7, 11) is 1.60. The molecule has 0 N–H and O–H groups in total. The maximum absolute atomic E-state index is 13.3. The third-order valence-corrected chi connectivity index (χ3v) is 4.76. The van der Waals surface area contributed by atoms with E-state index in [0.717, 1.165) is 24.1 Å². The van der Waals surface area contributed by atoms with Gasteiger partial charge in [0.25, 0.3) is 5.91 Å². The fourth-order valence-electron chi connectivity index (χ4n) is 3.48. The lowest BCUT2D eigenvalue weighted by molar-refractivity contribution is 0.0979. The molecule has 1 aliphatic heterocycles. The molecule has 0 saturated heterocycles. The van der Waals surface area contributed by atoms with E-state index in [-0.39, 0.29) is 17.4 Å². The van der Waals surface area contributed by atoms with Crippen LogP contribution in [0.3, 0.4) is 0 Å². The summed E-state index contributed by atoms with van der Waals surface area (Å²) in [5, 5.41) is 8.10. The summed E-state index contributed by atoms with van der Waals surface area (Å²) in [6.45, 7) is 2.38. The quantitative estimate of drug-likeness (QED) is 0.713. The number of amides is 1. The van der Waals surface area contributed by atoms with Crippen molar-refractivity contribution in [3.05, 3.63) is 65.2 Å². The maximum atomic E-state index is 13.3. The largest absolute Gasteiger partial charge is 0.495 e. The van der Waals surface area contributed by atoms with Gasteiger partial charge >= 0.3 is 0 Å². The van der Waals surface area contributed by atoms with E-state index in [0.29, 0.717) is 23.5 Å². The van der Waals surface area contributed by atoms with Gasteiger partial charge in [0.1, 0.15) is 11.6 Å². The summed E-state index contributed by atoms with van der Waals surface area (Å²) >= 11 is 0. The molecule has 0 fully saturated rings. The Hall–Kier alpha value is -3.22. The molecule has 0 saturated carbocycles. The zero-order chi connectivity index (χ0) is 19.0. The number of benzene rings is 2. The van der Waals surface area contributed by atoms with Crippen molar-refractivity contribution >= 4 is 11.6 Å². The highest BCUT2D eigenvalue weighted by atomic mass is 19.1. The van der Waals surface area contributed by atoms with Gasteiger partial charge in [0.05, 0.1) is 24.7 Å². The summed E-state index contributed by atoms with van der Waals surface area (Å²) < 4.78 is 20.3. The molecule has 0 aliphatic carbocycles. The van der Waals surface area contributed by atoms with Crippen LogP contribution in [-0.2, 0) is 6.42 Å². The fourth-order valence-corrected chi connectivity index (χ4v) is 3.48. The van der Waals surface area contributed by atoms with Crippen molar-refractivity contribution in [1.82, 2.24) is 15.0 Å². The molecule has 1 aliphatic rings.